The zero-order chi connectivity index (χ0) is 13.7. The van der Waals surface area contributed by atoms with Crippen LogP contribution in [0.1, 0.15) is 84.0 Å². The maximum atomic E-state index is 5.93. The summed E-state index contributed by atoms with van der Waals surface area (Å²) >= 11 is 0. The molecule has 0 aliphatic carbocycles. The van der Waals surface area contributed by atoms with Crippen molar-refractivity contribution in [2.24, 2.45) is 17.2 Å². The Labute approximate surface area is 114 Å². The van der Waals surface area contributed by atoms with E-state index in [2.05, 4.69) is 6.92 Å². The highest BCUT2D eigenvalue weighted by Gasteiger charge is 2.16. The van der Waals surface area contributed by atoms with Gasteiger partial charge in [-0.2, -0.15) is 0 Å². The molecule has 0 spiro atoms. The summed E-state index contributed by atoms with van der Waals surface area (Å²) in [6.07, 6.45) is 15.1. The Morgan fingerprint density at radius 1 is 0.667 bits per heavy atom. The SMILES string of the molecule is CCCCCCCCCCCCC(N)(N)CCN. The van der Waals surface area contributed by atoms with Crippen LogP contribution in [0.4, 0.5) is 0 Å². The van der Waals surface area contributed by atoms with Gasteiger partial charge in [0.25, 0.3) is 0 Å². The Hall–Kier alpha value is -0.120. The second kappa shape index (κ2) is 11.9. The first kappa shape index (κ1) is 17.9. The lowest BCUT2D eigenvalue weighted by Gasteiger charge is -2.23. The van der Waals surface area contributed by atoms with Crippen molar-refractivity contribution in [1.82, 2.24) is 0 Å². The monoisotopic (exact) mass is 257 g/mol. The van der Waals surface area contributed by atoms with E-state index in [0.717, 1.165) is 19.3 Å². The zero-order valence-corrected chi connectivity index (χ0v) is 12.4. The van der Waals surface area contributed by atoms with Crippen LogP contribution in [0.5, 0.6) is 0 Å². The number of hydrogen-bond acceptors (Lipinski definition) is 3. The first-order valence-corrected chi connectivity index (χ1v) is 7.90. The van der Waals surface area contributed by atoms with Crippen LogP contribution in [0.25, 0.3) is 0 Å². The second-order valence-electron chi connectivity index (χ2n) is 5.70. The number of rotatable bonds is 13. The molecule has 6 N–H and O–H groups in total. The molecule has 0 atom stereocenters. The van der Waals surface area contributed by atoms with Crippen LogP contribution >= 0.6 is 0 Å². The average molecular weight is 257 g/mol. The molecular formula is C15H35N3. The van der Waals surface area contributed by atoms with E-state index >= 15 is 0 Å². The van der Waals surface area contributed by atoms with Crippen molar-refractivity contribution in [3.05, 3.63) is 0 Å². The van der Waals surface area contributed by atoms with Gasteiger partial charge < -0.3 is 17.2 Å². The molecule has 3 nitrogen and oxygen atoms in total. The Bertz CT molecular complexity index is 169. The summed E-state index contributed by atoms with van der Waals surface area (Å²) in [5.74, 6) is 0. The van der Waals surface area contributed by atoms with Gasteiger partial charge in [-0.05, 0) is 19.4 Å². The van der Waals surface area contributed by atoms with Gasteiger partial charge in [-0.25, -0.2) is 0 Å². The molecule has 0 saturated carbocycles. The fraction of sp³-hybridized carbons (Fsp3) is 1.00. The molecule has 0 radical (unpaired) electrons. The quantitative estimate of drug-likeness (QED) is 0.350. The minimum atomic E-state index is -0.533. The van der Waals surface area contributed by atoms with Crippen LogP contribution in [0.2, 0.25) is 0 Å². The Morgan fingerprint density at radius 2 is 1.11 bits per heavy atom. The molecule has 3 heteroatoms. The summed E-state index contributed by atoms with van der Waals surface area (Å²) in [6, 6.07) is 0. The molecule has 0 aromatic rings. The molecule has 0 aliphatic heterocycles. The summed E-state index contributed by atoms with van der Waals surface area (Å²) in [5.41, 5.74) is 16.8. The topological polar surface area (TPSA) is 78.1 Å². The summed E-state index contributed by atoms with van der Waals surface area (Å²) < 4.78 is 0. The summed E-state index contributed by atoms with van der Waals surface area (Å²) in [5, 5.41) is 0. The summed E-state index contributed by atoms with van der Waals surface area (Å²) in [7, 11) is 0. The zero-order valence-electron chi connectivity index (χ0n) is 12.4. The minimum absolute atomic E-state index is 0.533. The van der Waals surface area contributed by atoms with Gasteiger partial charge in [0.15, 0.2) is 0 Å². The first-order valence-electron chi connectivity index (χ1n) is 7.90. The molecule has 18 heavy (non-hydrogen) atoms. The molecule has 0 fully saturated rings. The molecule has 0 heterocycles. The van der Waals surface area contributed by atoms with Gasteiger partial charge in [0, 0.05) is 0 Å². The Morgan fingerprint density at radius 3 is 1.56 bits per heavy atom. The van der Waals surface area contributed by atoms with E-state index < -0.39 is 5.66 Å². The van der Waals surface area contributed by atoms with Crippen molar-refractivity contribution in [3.63, 3.8) is 0 Å². The molecule has 0 aromatic carbocycles. The highest BCUT2D eigenvalue weighted by Crippen LogP contribution is 2.14. The molecule has 0 unspecified atom stereocenters. The maximum absolute atomic E-state index is 5.93. The maximum Gasteiger partial charge on any atom is 0.0648 e. The van der Waals surface area contributed by atoms with Crippen molar-refractivity contribution >= 4 is 0 Å². The van der Waals surface area contributed by atoms with E-state index in [1.165, 1.54) is 57.8 Å². The van der Waals surface area contributed by atoms with Crippen LogP contribution in [-0.2, 0) is 0 Å². The Balaban J connectivity index is 3.16. The fourth-order valence-electron chi connectivity index (χ4n) is 2.34. The van der Waals surface area contributed by atoms with Gasteiger partial charge >= 0.3 is 0 Å². The van der Waals surface area contributed by atoms with Gasteiger partial charge in [-0.1, -0.05) is 71.1 Å². The van der Waals surface area contributed by atoms with Crippen LogP contribution < -0.4 is 17.2 Å². The second-order valence-corrected chi connectivity index (χ2v) is 5.70. The van der Waals surface area contributed by atoms with Gasteiger partial charge in [0.2, 0.25) is 0 Å². The van der Waals surface area contributed by atoms with Crippen LogP contribution in [-0.4, -0.2) is 12.2 Å². The number of unbranched alkanes of at least 4 members (excludes halogenated alkanes) is 9. The van der Waals surface area contributed by atoms with Crippen LogP contribution in [0.15, 0.2) is 0 Å². The average Bonchev–Trinajstić information content (AvgIpc) is 2.31. The predicted molar refractivity (Wildman–Crippen MR) is 81.2 cm³/mol. The first-order chi connectivity index (χ1) is 8.62. The van der Waals surface area contributed by atoms with Crippen molar-refractivity contribution < 1.29 is 0 Å². The van der Waals surface area contributed by atoms with E-state index in [1.807, 2.05) is 0 Å². The highest BCUT2D eigenvalue weighted by molar-refractivity contribution is 4.76. The highest BCUT2D eigenvalue weighted by atomic mass is 15.0. The normalized spacial score (nSPS) is 12.0. The van der Waals surface area contributed by atoms with Crippen molar-refractivity contribution in [3.8, 4) is 0 Å². The van der Waals surface area contributed by atoms with Crippen molar-refractivity contribution in [2.75, 3.05) is 6.54 Å². The molecular weight excluding hydrogens is 222 g/mol. The molecule has 110 valence electrons. The van der Waals surface area contributed by atoms with E-state index in [-0.39, 0.29) is 0 Å². The standard InChI is InChI=1S/C15H35N3/c1-2-3-4-5-6-7-8-9-10-11-12-15(17,18)13-14-16/h2-14,16-18H2,1H3. The lowest BCUT2D eigenvalue weighted by Crippen LogP contribution is -2.50. The van der Waals surface area contributed by atoms with E-state index in [4.69, 9.17) is 17.2 Å². The van der Waals surface area contributed by atoms with Crippen molar-refractivity contribution in [1.29, 1.82) is 0 Å². The van der Waals surface area contributed by atoms with Gasteiger partial charge in [-0.15, -0.1) is 0 Å². The van der Waals surface area contributed by atoms with Crippen molar-refractivity contribution in [2.45, 2.75) is 89.6 Å². The summed E-state index contributed by atoms with van der Waals surface area (Å²) in [4.78, 5) is 0. The third-order valence-corrected chi connectivity index (χ3v) is 3.61. The van der Waals surface area contributed by atoms with Gasteiger partial charge in [-0.3, -0.25) is 0 Å². The molecule has 0 saturated heterocycles. The van der Waals surface area contributed by atoms with Gasteiger partial charge in [0.1, 0.15) is 0 Å². The minimum Gasteiger partial charge on any atom is -0.330 e. The van der Waals surface area contributed by atoms with E-state index in [1.54, 1.807) is 0 Å². The number of hydrogen-bond donors (Lipinski definition) is 3. The molecule has 0 rings (SSSR count). The predicted octanol–water partition coefficient (Wildman–Crippen LogP) is 3.26. The smallest absolute Gasteiger partial charge is 0.0648 e. The summed E-state index contributed by atoms with van der Waals surface area (Å²) in [6.45, 7) is 2.85. The van der Waals surface area contributed by atoms with Crippen LogP contribution in [0.3, 0.4) is 0 Å². The molecule has 0 aromatic heterocycles. The van der Waals surface area contributed by atoms with E-state index in [9.17, 15) is 0 Å². The Kier molecular flexibility index (Phi) is 11.9. The van der Waals surface area contributed by atoms with Gasteiger partial charge in [0.05, 0.1) is 5.66 Å². The van der Waals surface area contributed by atoms with E-state index in [0.29, 0.717) is 6.54 Å². The molecule has 0 aliphatic rings. The lowest BCUT2D eigenvalue weighted by molar-refractivity contribution is 0.365. The fourth-order valence-corrected chi connectivity index (χ4v) is 2.34. The lowest BCUT2D eigenvalue weighted by atomic mass is 9.99. The largest absolute Gasteiger partial charge is 0.330 e. The molecule has 0 amide bonds. The molecule has 0 bridgehead atoms. The van der Waals surface area contributed by atoms with Crippen LogP contribution in [0, 0.1) is 0 Å². The third kappa shape index (κ3) is 12.3. The number of nitrogens with two attached hydrogens (primary N) is 3. The third-order valence-electron chi connectivity index (χ3n) is 3.61.